The van der Waals surface area contributed by atoms with E-state index in [-0.39, 0.29) is 18.3 Å². The lowest BCUT2D eigenvalue weighted by Crippen LogP contribution is -2.09. The van der Waals surface area contributed by atoms with Crippen molar-refractivity contribution in [2.24, 2.45) is 11.8 Å². The maximum Gasteiger partial charge on any atom is 0.303 e. The standard InChI is InChI=1S/C16H19N5O2/c1-2-10-5-9(7-14(22)23)6-11(10)16-20-19-13-8-18-15-12(21(13)16)3-4-17-15/h3-4,8-11,17H,2,5-7H2,1H3,(H,22,23)/t9-,10+,11+/m1/s1. The van der Waals surface area contributed by atoms with Crippen LogP contribution in [0.3, 0.4) is 0 Å². The average molecular weight is 313 g/mol. The van der Waals surface area contributed by atoms with Crippen LogP contribution in [0.2, 0.25) is 0 Å². The lowest BCUT2D eigenvalue weighted by Gasteiger charge is -2.16. The zero-order valence-corrected chi connectivity index (χ0v) is 12.9. The molecule has 3 heterocycles. The van der Waals surface area contributed by atoms with Crippen molar-refractivity contribution < 1.29 is 9.90 Å². The topological polar surface area (TPSA) is 96.2 Å². The van der Waals surface area contributed by atoms with Crippen LogP contribution < -0.4 is 0 Å². The van der Waals surface area contributed by atoms with E-state index in [4.69, 9.17) is 5.11 Å². The highest BCUT2D eigenvalue weighted by atomic mass is 16.4. The van der Waals surface area contributed by atoms with Gasteiger partial charge in [-0.3, -0.25) is 9.20 Å². The number of aromatic nitrogens is 5. The molecule has 4 rings (SSSR count). The maximum absolute atomic E-state index is 11.1. The van der Waals surface area contributed by atoms with Gasteiger partial charge in [0.05, 0.1) is 11.7 Å². The summed E-state index contributed by atoms with van der Waals surface area (Å²) in [6.45, 7) is 2.16. The Bertz CT molecular complexity index is 868. The summed E-state index contributed by atoms with van der Waals surface area (Å²) in [4.78, 5) is 18.5. The summed E-state index contributed by atoms with van der Waals surface area (Å²) < 4.78 is 2.06. The molecule has 1 saturated carbocycles. The summed E-state index contributed by atoms with van der Waals surface area (Å²) in [7, 11) is 0. The Kier molecular flexibility index (Phi) is 3.28. The molecule has 0 radical (unpaired) electrons. The Morgan fingerprint density at radius 3 is 3.09 bits per heavy atom. The number of carboxylic acid groups (broad SMARTS) is 1. The van der Waals surface area contributed by atoms with E-state index in [2.05, 4.69) is 31.5 Å². The summed E-state index contributed by atoms with van der Waals surface area (Å²) in [5, 5.41) is 17.8. The molecule has 7 nitrogen and oxygen atoms in total. The molecule has 3 aromatic heterocycles. The summed E-state index contributed by atoms with van der Waals surface area (Å²) in [5.41, 5.74) is 2.52. The Balaban J connectivity index is 1.78. The normalized spacial score (nSPS) is 24.7. The molecule has 3 aromatic rings. The van der Waals surface area contributed by atoms with E-state index in [0.717, 1.165) is 41.9 Å². The van der Waals surface area contributed by atoms with Crippen LogP contribution in [-0.4, -0.2) is 35.6 Å². The third-order valence-electron chi connectivity index (χ3n) is 5.08. The van der Waals surface area contributed by atoms with E-state index in [1.54, 1.807) is 6.20 Å². The van der Waals surface area contributed by atoms with E-state index >= 15 is 0 Å². The fraction of sp³-hybridized carbons (Fsp3) is 0.500. The first-order chi connectivity index (χ1) is 11.2. The Morgan fingerprint density at radius 2 is 2.30 bits per heavy atom. The third-order valence-corrected chi connectivity index (χ3v) is 5.08. The van der Waals surface area contributed by atoms with E-state index < -0.39 is 5.97 Å². The van der Waals surface area contributed by atoms with Crippen molar-refractivity contribution in [3.05, 3.63) is 24.3 Å². The van der Waals surface area contributed by atoms with Crippen molar-refractivity contribution in [2.75, 3.05) is 0 Å². The molecule has 7 heteroatoms. The number of hydrogen-bond donors (Lipinski definition) is 2. The molecule has 0 bridgehead atoms. The molecule has 0 amide bonds. The van der Waals surface area contributed by atoms with Gasteiger partial charge in [0.2, 0.25) is 0 Å². The van der Waals surface area contributed by atoms with Crippen LogP contribution >= 0.6 is 0 Å². The SMILES string of the molecule is CC[C@H]1C[C@@H](CC(=O)O)C[C@@H]1c1nnc2cnc3[nH]ccc3n12. The van der Waals surface area contributed by atoms with Crippen molar-refractivity contribution in [1.29, 1.82) is 0 Å². The summed E-state index contributed by atoms with van der Waals surface area (Å²) in [6.07, 6.45) is 6.66. The molecule has 2 N–H and O–H groups in total. The van der Waals surface area contributed by atoms with Gasteiger partial charge in [0.25, 0.3) is 0 Å². The molecular weight excluding hydrogens is 294 g/mol. The molecule has 1 fully saturated rings. The van der Waals surface area contributed by atoms with Crippen LogP contribution in [0.15, 0.2) is 18.5 Å². The van der Waals surface area contributed by atoms with Gasteiger partial charge in [-0.25, -0.2) is 4.98 Å². The second-order valence-corrected chi connectivity index (χ2v) is 6.43. The second-order valence-electron chi connectivity index (χ2n) is 6.43. The molecule has 0 aromatic carbocycles. The number of hydrogen-bond acceptors (Lipinski definition) is 4. The van der Waals surface area contributed by atoms with Crippen LogP contribution in [0.1, 0.15) is 44.3 Å². The molecule has 0 saturated heterocycles. The molecule has 0 spiro atoms. The maximum atomic E-state index is 11.1. The zero-order chi connectivity index (χ0) is 16.0. The summed E-state index contributed by atoms with van der Waals surface area (Å²) in [5.74, 6) is 1.15. The first kappa shape index (κ1) is 14.2. The highest BCUT2D eigenvalue weighted by molar-refractivity contribution is 5.74. The highest BCUT2D eigenvalue weighted by Gasteiger charge is 2.37. The molecule has 1 aliphatic rings. The fourth-order valence-corrected chi connectivity index (χ4v) is 4.06. The van der Waals surface area contributed by atoms with Gasteiger partial charge in [0, 0.05) is 18.5 Å². The number of carboxylic acids is 1. The first-order valence-corrected chi connectivity index (χ1v) is 8.06. The largest absolute Gasteiger partial charge is 0.481 e. The van der Waals surface area contributed by atoms with Gasteiger partial charge in [-0.05, 0) is 30.7 Å². The quantitative estimate of drug-likeness (QED) is 0.771. The van der Waals surface area contributed by atoms with Crippen molar-refractivity contribution >= 4 is 22.8 Å². The van der Waals surface area contributed by atoms with Gasteiger partial charge < -0.3 is 10.1 Å². The van der Waals surface area contributed by atoms with Crippen LogP contribution in [0, 0.1) is 11.8 Å². The Labute approximate surface area is 132 Å². The lowest BCUT2D eigenvalue weighted by molar-refractivity contribution is -0.138. The minimum absolute atomic E-state index is 0.221. The van der Waals surface area contributed by atoms with Gasteiger partial charge in [-0.15, -0.1) is 10.2 Å². The summed E-state index contributed by atoms with van der Waals surface area (Å²) >= 11 is 0. The lowest BCUT2D eigenvalue weighted by atomic mass is 9.93. The van der Waals surface area contributed by atoms with Crippen LogP contribution in [0.25, 0.3) is 16.8 Å². The number of carbonyl (C=O) groups is 1. The van der Waals surface area contributed by atoms with Gasteiger partial charge in [-0.2, -0.15) is 0 Å². The minimum Gasteiger partial charge on any atom is -0.481 e. The third kappa shape index (κ3) is 2.27. The minimum atomic E-state index is -0.714. The zero-order valence-electron chi connectivity index (χ0n) is 12.9. The smallest absolute Gasteiger partial charge is 0.303 e. The molecule has 0 unspecified atom stereocenters. The molecule has 0 aliphatic heterocycles. The van der Waals surface area contributed by atoms with Crippen LogP contribution in [-0.2, 0) is 4.79 Å². The van der Waals surface area contributed by atoms with Gasteiger partial charge >= 0.3 is 5.97 Å². The summed E-state index contributed by atoms with van der Waals surface area (Å²) in [6, 6.07) is 1.98. The van der Waals surface area contributed by atoms with E-state index in [1.807, 2.05) is 12.3 Å². The van der Waals surface area contributed by atoms with Gasteiger partial charge in [0.15, 0.2) is 11.3 Å². The predicted octanol–water partition coefficient (Wildman–Crippen LogP) is 2.60. The van der Waals surface area contributed by atoms with E-state index in [1.165, 1.54) is 0 Å². The molecule has 120 valence electrons. The van der Waals surface area contributed by atoms with Crippen LogP contribution in [0.5, 0.6) is 0 Å². The first-order valence-electron chi connectivity index (χ1n) is 8.06. The molecule has 23 heavy (non-hydrogen) atoms. The molecule has 3 atom stereocenters. The van der Waals surface area contributed by atoms with Crippen LogP contribution in [0.4, 0.5) is 0 Å². The average Bonchev–Trinajstić information content (AvgIpc) is 3.22. The van der Waals surface area contributed by atoms with Crippen molar-refractivity contribution in [2.45, 2.75) is 38.5 Å². The van der Waals surface area contributed by atoms with E-state index in [0.29, 0.717) is 5.92 Å². The number of nitrogens with one attached hydrogen (secondary N) is 1. The monoisotopic (exact) mass is 313 g/mol. The van der Waals surface area contributed by atoms with Crippen molar-refractivity contribution in [3.8, 4) is 0 Å². The highest BCUT2D eigenvalue weighted by Crippen LogP contribution is 2.45. The Hall–Kier alpha value is -2.44. The van der Waals surface area contributed by atoms with Gasteiger partial charge in [-0.1, -0.05) is 13.3 Å². The Morgan fingerprint density at radius 1 is 1.43 bits per heavy atom. The number of fused-ring (bicyclic) bond motifs is 3. The second kappa shape index (κ2) is 5.33. The number of H-pyrrole nitrogens is 1. The fourth-order valence-electron chi connectivity index (χ4n) is 4.06. The number of nitrogens with zero attached hydrogens (tertiary/aromatic N) is 4. The van der Waals surface area contributed by atoms with Crippen molar-refractivity contribution in [1.82, 2.24) is 24.6 Å². The van der Waals surface area contributed by atoms with Crippen molar-refractivity contribution in [3.63, 3.8) is 0 Å². The van der Waals surface area contributed by atoms with E-state index in [9.17, 15) is 4.79 Å². The predicted molar refractivity (Wildman–Crippen MR) is 84.1 cm³/mol. The van der Waals surface area contributed by atoms with Gasteiger partial charge in [0.1, 0.15) is 5.82 Å². The molecular formula is C16H19N5O2. The molecule has 1 aliphatic carbocycles. The number of aliphatic carboxylic acids is 1. The number of rotatable bonds is 4. The number of aromatic amines is 1.